The second-order valence-electron chi connectivity index (χ2n) is 14.9. The molecule has 6 atom stereocenters. The first-order valence-corrected chi connectivity index (χ1v) is 16.7. The van der Waals surface area contributed by atoms with Crippen LogP contribution in [-0.2, 0) is 19.2 Å². The van der Waals surface area contributed by atoms with E-state index < -0.39 is 59.1 Å². The molecule has 0 radical (unpaired) electrons. The molecule has 2 saturated carbocycles. The maximum Gasteiger partial charge on any atom is 0.316 e. The molecule has 1 aromatic carbocycles. The Labute approximate surface area is 278 Å². The molecular weight excluding hydrogens is 689 g/mol. The van der Waals surface area contributed by atoms with E-state index in [1.807, 2.05) is 60.6 Å². The Kier molecular flexibility index (Phi) is 10.1. The van der Waals surface area contributed by atoms with Crippen molar-refractivity contribution in [2.75, 3.05) is 6.54 Å². The van der Waals surface area contributed by atoms with Crippen LogP contribution in [0.5, 0.6) is 0 Å². The summed E-state index contributed by atoms with van der Waals surface area (Å²) in [4.78, 5) is 80.6. The Hall–Kier alpha value is -3.03. The van der Waals surface area contributed by atoms with Gasteiger partial charge in [0.2, 0.25) is 17.6 Å². The van der Waals surface area contributed by atoms with Gasteiger partial charge in [-0.1, -0.05) is 73.4 Å². The van der Waals surface area contributed by atoms with Crippen molar-refractivity contribution in [3.8, 4) is 0 Å². The van der Waals surface area contributed by atoms with E-state index in [1.165, 1.54) is 4.90 Å². The van der Waals surface area contributed by atoms with E-state index in [4.69, 9.17) is 5.73 Å². The number of ketones is 2. The van der Waals surface area contributed by atoms with Gasteiger partial charge in [-0.2, -0.15) is 0 Å². The molecule has 3 fully saturated rings. The fourth-order valence-corrected chi connectivity index (χ4v) is 6.98. The monoisotopic (exact) mass is 735 g/mol. The lowest BCUT2D eigenvalue weighted by Crippen LogP contribution is -2.62. The van der Waals surface area contributed by atoms with Crippen LogP contribution in [0, 0.1) is 38.1 Å². The summed E-state index contributed by atoms with van der Waals surface area (Å²) < 4.78 is 0.982. The summed E-state index contributed by atoms with van der Waals surface area (Å²) in [6.07, 6.45) is 2.16. The molecule has 0 aromatic heterocycles. The van der Waals surface area contributed by atoms with Crippen molar-refractivity contribution in [1.82, 2.24) is 20.9 Å². The first-order chi connectivity index (χ1) is 20.8. The fraction of sp³-hybridized carbons (Fsp3) is 0.636. The van der Waals surface area contributed by atoms with Crippen LogP contribution in [0.4, 0.5) is 4.79 Å². The molecule has 1 saturated heterocycles. The number of Topliss-reactive ketones (excluding diaryl/α,β-unsaturated/α-hetero) is 2. The highest BCUT2D eigenvalue weighted by Crippen LogP contribution is 2.65. The quantitative estimate of drug-likeness (QED) is 0.146. The largest absolute Gasteiger partial charge is 0.363 e. The topological polar surface area (TPSA) is 168 Å². The number of amides is 5. The van der Waals surface area contributed by atoms with Gasteiger partial charge in [-0.15, -0.1) is 0 Å². The third-order valence-electron chi connectivity index (χ3n) is 9.65. The number of urea groups is 1. The third kappa shape index (κ3) is 7.69. The van der Waals surface area contributed by atoms with Crippen molar-refractivity contribution in [3.05, 3.63) is 33.4 Å². The Bertz CT molecular complexity index is 1370. The number of hydrogen-bond acceptors (Lipinski definition) is 6. The van der Waals surface area contributed by atoms with Gasteiger partial charge in [0.15, 0.2) is 5.78 Å². The SMILES string of the molecule is CC(C)[C@H](NC(=O)N[C@H](C(=O)N1C[C@H]2C([C@H]1C(=O)NC(CC1CC1)C(=O)C(N)=O)C2(C)C)C(C)(C)C)C(=O)c1ccc(I)cc1. The fourth-order valence-electron chi connectivity index (χ4n) is 6.62. The number of carbonyl (C=O) groups excluding carboxylic acids is 6. The summed E-state index contributed by atoms with van der Waals surface area (Å²) in [6, 6.07) is 2.66. The molecule has 1 aromatic rings. The molecule has 2 aliphatic carbocycles. The summed E-state index contributed by atoms with van der Waals surface area (Å²) in [6.45, 7) is 13.5. The first-order valence-electron chi connectivity index (χ1n) is 15.7. The van der Waals surface area contributed by atoms with E-state index >= 15 is 0 Å². The molecule has 2 unspecified atom stereocenters. The summed E-state index contributed by atoms with van der Waals surface area (Å²) in [7, 11) is 0. The highest BCUT2D eigenvalue weighted by atomic mass is 127. The molecule has 5 amide bonds. The number of halogens is 1. The zero-order valence-electron chi connectivity index (χ0n) is 27.1. The number of rotatable bonds is 12. The molecule has 4 rings (SSSR count). The van der Waals surface area contributed by atoms with Crippen LogP contribution in [0.15, 0.2) is 24.3 Å². The summed E-state index contributed by atoms with van der Waals surface area (Å²) in [5.41, 5.74) is 4.82. The average Bonchev–Trinajstić information content (AvgIpc) is 3.80. The minimum absolute atomic E-state index is 0.0669. The Morgan fingerprint density at radius 3 is 2.11 bits per heavy atom. The lowest BCUT2D eigenvalue weighted by molar-refractivity contribution is -0.145. The Balaban J connectivity index is 1.53. The predicted molar refractivity (Wildman–Crippen MR) is 177 cm³/mol. The number of hydrogen-bond donors (Lipinski definition) is 4. The van der Waals surface area contributed by atoms with Gasteiger partial charge in [-0.3, -0.25) is 24.0 Å². The standard InChI is InChI=1S/C33H46IN5O6/c1-16(2)23(25(40)18-10-12-19(34)13-11-18)37-31(45)38-27(32(3,4)5)30(44)39-15-20-22(33(20,6)7)24(39)29(43)36-21(14-17-8-9-17)26(41)28(35)42/h10-13,16-17,20-24,27H,8-9,14-15H2,1-7H3,(H2,35,42)(H,36,43)(H2,37,38,45)/t20-,21?,22?,23-,24-,27+/m0/s1. The zero-order chi connectivity index (χ0) is 33.6. The van der Waals surface area contributed by atoms with Crippen LogP contribution in [0.2, 0.25) is 0 Å². The molecule has 1 heterocycles. The normalized spacial score (nSPS) is 23.8. The third-order valence-corrected chi connectivity index (χ3v) is 10.4. The van der Waals surface area contributed by atoms with Gasteiger partial charge in [-0.25, -0.2) is 4.79 Å². The van der Waals surface area contributed by atoms with E-state index in [0.29, 0.717) is 18.5 Å². The van der Waals surface area contributed by atoms with Gasteiger partial charge in [-0.05, 0) is 75.6 Å². The number of piperidine rings is 1. The summed E-state index contributed by atoms with van der Waals surface area (Å²) in [5, 5.41) is 8.35. The molecule has 3 aliphatic rings. The minimum atomic E-state index is -1.10. The highest BCUT2D eigenvalue weighted by Gasteiger charge is 2.70. The van der Waals surface area contributed by atoms with Gasteiger partial charge in [0.1, 0.15) is 12.1 Å². The van der Waals surface area contributed by atoms with Crippen molar-refractivity contribution >= 4 is 57.9 Å². The van der Waals surface area contributed by atoms with E-state index in [-0.39, 0.29) is 34.9 Å². The van der Waals surface area contributed by atoms with Gasteiger partial charge < -0.3 is 26.6 Å². The van der Waals surface area contributed by atoms with Crippen molar-refractivity contribution in [1.29, 1.82) is 0 Å². The van der Waals surface area contributed by atoms with Crippen LogP contribution >= 0.6 is 22.6 Å². The second-order valence-corrected chi connectivity index (χ2v) is 16.1. The van der Waals surface area contributed by atoms with Gasteiger partial charge in [0, 0.05) is 15.7 Å². The summed E-state index contributed by atoms with van der Waals surface area (Å²) >= 11 is 2.16. The van der Waals surface area contributed by atoms with Gasteiger partial charge in [0.25, 0.3) is 5.91 Å². The predicted octanol–water partition coefficient (Wildman–Crippen LogP) is 3.03. The van der Waals surface area contributed by atoms with E-state index in [1.54, 1.807) is 12.1 Å². The molecule has 0 spiro atoms. The van der Waals surface area contributed by atoms with E-state index in [0.717, 1.165) is 16.4 Å². The van der Waals surface area contributed by atoms with Crippen molar-refractivity contribution < 1.29 is 28.8 Å². The number of likely N-dealkylation sites (tertiary alicyclic amines) is 1. The van der Waals surface area contributed by atoms with Crippen LogP contribution in [0.1, 0.15) is 78.1 Å². The van der Waals surface area contributed by atoms with Crippen LogP contribution in [0.25, 0.3) is 0 Å². The zero-order valence-corrected chi connectivity index (χ0v) is 29.3. The molecule has 12 heteroatoms. The van der Waals surface area contributed by atoms with Crippen molar-refractivity contribution in [2.45, 2.75) is 91.9 Å². The number of nitrogens with two attached hydrogens (primary N) is 1. The van der Waals surface area contributed by atoms with Crippen molar-refractivity contribution in [2.24, 2.45) is 40.2 Å². The lowest BCUT2D eigenvalue weighted by Gasteiger charge is -2.38. The van der Waals surface area contributed by atoms with E-state index in [2.05, 4.69) is 38.5 Å². The minimum Gasteiger partial charge on any atom is -0.363 e. The van der Waals surface area contributed by atoms with Crippen molar-refractivity contribution in [3.63, 3.8) is 0 Å². The van der Waals surface area contributed by atoms with E-state index in [9.17, 15) is 28.8 Å². The molecule has 45 heavy (non-hydrogen) atoms. The molecule has 0 bridgehead atoms. The molecular formula is C33H46IN5O6. The lowest BCUT2D eigenvalue weighted by atomic mass is 9.85. The number of benzene rings is 1. The Morgan fingerprint density at radius 1 is 1.00 bits per heavy atom. The summed E-state index contributed by atoms with van der Waals surface area (Å²) in [5.74, 6) is -3.16. The number of fused-ring (bicyclic) bond motifs is 1. The molecule has 5 N–H and O–H groups in total. The van der Waals surface area contributed by atoms with Crippen LogP contribution in [-0.4, -0.2) is 70.9 Å². The molecule has 246 valence electrons. The second kappa shape index (κ2) is 13.0. The first kappa shape index (κ1) is 34.8. The van der Waals surface area contributed by atoms with Crippen LogP contribution in [0.3, 0.4) is 0 Å². The number of nitrogens with one attached hydrogen (secondary N) is 3. The molecule has 11 nitrogen and oxygen atoms in total. The average molecular weight is 736 g/mol. The van der Waals surface area contributed by atoms with Crippen LogP contribution < -0.4 is 21.7 Å². The Morgan fingerprint density at radius 2 is 1.60 bits per heavy atom. The number of nitrogens with zero attached hydrogens (tertiary/aromatic N) is 1. The number of primary amides is 1. The smallest absolute Gasteiger partial charge is 0.316 e. The van der Waals surface area contributed by atoms with Gasteiger partial charge >= 0.3 is 6.03 Å². The highest BCUT2D eigenvalue weighted by molar-refractivity contribution is 14.1. The maximum absolute atomic E-state index is 14.2. The van der Waals surface area contributed by atoms with Gasteiger partial charge in [0.05, 0.1) is 12.1 Å². The maximum atomic E-state index is 14.2. The molecule has 1 aliphatic heterocycles. The number of carbonyl (C=O) groups is 6.